The Morgan fingerprint density at radius 3 is 2.76 bits per heavy atom. The van der Waals surface area contributed by atoms with Crippen molar-refractivity contribution in [2.45, 2.75) is 32.8 Å². The van der Waals surface area contributed by atoms with Gasteiger partial charge in [0.15, 0.2) is 0 Å². The summed E-state index contributed by atoms with van der Waals surface area (Å²) in [5.74, 6) is 0. The van der Waals surface area contributed by atoms with Gasteiger partial charge in [-0.05, 0) is 24.6 Å². The third-order valence-corrected chi connectivity index (χ3v) is 2.96. The van der Waals surface area contributed by atoms with Gasteiger partial charge < -0.3 is 10.1 Å². The van der Waals surface area contributed by atoms with Gasteiger partial charge in [-0.15, -0.1) is 0 Å². The summed E-state index contributed by atoms with van der Waals surface area (Å²) in [6.45, 7) is 5.54. The van der Waals surface area contributed by atoms with Gasteiger partial charge in [0.1, 0.15) is 0 Å². The van der Waals surface area contributed by atoms with Crippen LogP contribution in [0, 0.1) is 0 Å². The molecular formula is C14H22ClNO. The summed E-state index contributed by atoms with van der Waals surface area (Å²) >= 11 is 6.03. The first kappa shape index (κ1) is 14.5. The number of halogens is 1. The number of benzene rings is 1. The Morgan fingerprint density at radius 2 is 2.00 bits per heavy atom. The predicted octanol–water partition coefficient (Wildman–Crippen LogP) is 3.64. The molecule has 1 aromatic rings. The van der Waals surface area contributed by atoms with E-state index in [9.17, 15) is 0 Å². The lowest BCUT2D eigenvalue weighted by Gasteiger charge is -2.07. The molecule has 0 radical (unpaired) electrons. The predicted molar refractivity (Wildman–Crippen MR) is 73.5 cm³/mol. The van der Waals surface area contributed by atoms with Crippen LogP contribution in [-0.2, 0) is 11.3 Å². The van der Waals surface area contributed by atoms with Crippen molar-refractivity contribution in [3.63, 3.8) is 0 Å². The van der Waals surface area contributed by atoms with Crippen molar-refractivity contribution in [3.8, 4) is 0 Å². The highest BCUT2D eigenvalue weighted by Gasteiger charge is 1.98. The summed E-state index contributed by atoms with van der Waals surface area (Å²) in [5, 5.41) is 4.14. The molecule has 0 atom stereocenters. The minimum absolute atomic E-state index is 0.594. The largest absolute Gasteiger partial charge is 0.375 e. The molecule has 0 unspecified atom stereocenters. The Labute approximate surface area is 109 Å². The molecule has 96 valence electrons. The van der Waals surface area contributed by atoms with Crippen LogP contribution in [0.4, 0.5) is 0 Å². The maximum Gasteiger partial charge on any atom is 0.0731 e. The van der Waals surface area contributed by atoms with E-state index >= 15 is 0 Å². The highest BCUT2D eigenvalue weighted by molar-refractivity contribution is 6.31. The fourth-order valence-corrected chi connectivity index (χ4v) is 1.76. The van der Waals surface area contributed by atoms with E-state index in [2.05, 4.69) is 12.2 Å². The fraction of sp³-hybridized carbons (Fsp3) is 0.571. The van der Waals surface area contributed by atoms with Gasteiger partial charge in [0.05, 0.1) is 13.2 Å². The van der Waals surface area contributed by atoms with Gasteiger partial charge >= 0.3 is 0 Å². The van der Waals surface area contributed by atoms with Crippen LogP contribution in [0.5, 0.6) is 0 Å². The number of nitrogens with one attached hydrogen (secondary N) is 1. The zero-order valence-corrected chi connectivity index (χ0v) is 11.3. The molecule has 1 N–H and O–H groups in total. The standard InChI is InChI=1S/C14H22ClNO/c1-2-3-6-9-16-10-11-17-12-13-7-4-5-8-14(13)15/h4-5,7-8,16H,2-3,6,9-12H2,1H3. The molecule has 0 spiro atoms. The van der Waals surface area contributed by atoms with Crippen molar-refractivity contribution in [2.24, 2.45) is 0 Å². The average molecular weight is 256 g/mol. The van der Waals surface area contributed by atoms with Crippen LogP contribution in [0.1, 0.15) is 31.7 Å². The van der Waals surface area contributed by atoms with Crippen LogP contribution in [0.2, 0.25) is 5.02 Å². The van der Waals surface area contributed by atoms with Gasteiger partial charge in [-0.1, -0.05) is 49.6 Å². The molecular weight excluding hydrogens is 234 g/mol. The van der Waals surface area contributed by atoms with Crippen LogP contribution < -0.4 is 5.32 Å². The van der Waals surface area contributed by atoms with Crippen LogP contribution >= 0.6 is 11.6 Å². The molecule has 3 heteroatoms. The van der Waals surface area contributed by atoms with Crippen LogP contribution in [0.15, 0.2) is 24.3 Å². The SMILES string of the molecule is CCCCCNCCOCc1ccccc1Cl. The van der Waals surface area contributed by atoms with Crippen molar-refractivity contribution in [3.05, 3.63) is 34.9 Å². The molecule has 1 aromatic carbocycles. The number of unbranched alkanes of at least 4 members (excludes halogenated alkanes) is 2. The highest BCUT2D eigenvalue weighted by atomic mass is 35.5. The first-order valence-electron chi connectivity index (χ1n) is 6.36. The molecule has 0 fully saturated rings. The lowest BCUT2D eigenvalue weighted by Crippen LogP contribution is -2.20. The molecule has 0 aliphatic heterocycles. The number of ether oxygens (including phenoxy) is 1. The first-order valence-corrected chi connectivity index (χ1v) is 6.74. The molecule has 0 aliphatic rings. The molecule has 0 heterocycles. The second-order valence-corrected chi connectivity index (χ2v) is 4.51. The highest BCUT2D eigenvalue weighted by Crippen LogP contribution is 2.15. The Morgan fingerprint density at radius 1 is 1.18 bits per heavy atom. The lowest BCUT2D eigenvalue weighted by molar-refractivity contribution is 0.123. The summed E-state index contributed by atoms with van der Waals surface area (Å²) in [5.41, 5.74) is 1.06. The molecule has 0 aromatic heterocycles. The Balaban J connectivity index is 1.99. The van der Waals surface area contributed by atoms with Crippen molar-refractivity contribution in [1.82, 2.24) is 5.32 Å². The van der Waals surface area contributed by atoms with Gasteiger partial charge in [0, 0.05) is 11.6 Å². The summed E-state index contributed by atoms with van der Waals surface area (Å²) < 4.78 is 5.56. The minimum atomic E-state index is 0.594. The van der Waals surface area contributed by atoms with Gasteiger partial charge in [-0.25, -0.2) is 0 Å². The zero-order valence-electron chi connectivity index (χ0n) is 10.5. The van der Waals surface area contributed by atoms with E-state index in [1.807, 2.05) is 24.3 Å². The first-order chi connectivity index (χ1) is 8.34. The minimum Gasteiger partial charge on any atom is -0.375 e. The third-order valence-electron chi connectivity index (χ3n) is 2.60. The second kappa shape index (κ2) is 9.46. The smallest absolute Gasteiger partial charge is 0.0731 e. The van der Waals surface area contributed by atoms with E-state index in [0.29, 0.717) is 6.61 Å². The van der Waals surface area contributed by atoms with E-state index in [1.165, 1.54) is 19.3 Å². The molecule has 0 aliphatic carbocycles. The second-order valence-electron chi connectivity index (χ2n) is 4.10. The number of rotatable bonds is 9. The van der Waals surface area contributed by atoms with Crippen molar-refractivity contribution >= 4 is 11.6 Å². The zero-order chi connectivity index (χ0) is 12.3. The Bertz CT molecular complexity index is 304. The van der Waals surface area contributed by atoms with Crippen molar-refractivity contribution in [2.75, 3.05) is 19.7 Å². The quantitative estimate of drug-likeness (QED) is 0.681. The fourth-order valence-electron chi connectivity index (χ4n) is 1.57. The molecule has 0 saturated carbocycles. The van der Waals surface area contributed by atoms with E-state index in [-0.39, 0.29) is 0 Å². The topological polar surface area (TPSA) is 21.3 Å². The monoisotopic (exact) mass is 255 g/mol. The van der Waals surface area contributed by atoms with Crippen LogP contribution in [0.25, 0.3) is 0 Å². The van der Waals surface area contributed by atoms with Gasteiger partial charge in [0.2, 0.25) is 0 Å². The van der Waals surface area contributed by atoms with E-state index in [4.69, 9.17) is 16.3 Å². The van der Waals surface area contributed by atoms with Crippen LogP contribution in [-0.4, -0.2) is 19.7 Å². The molecule has 2 nitrogen and oxygen atoms in total. The maximum absolute atomic E-state index is 6.03. The van der Waals surface area contributed by atoms with Gasteiger partial charge in [0.25, 0.3) is 0 Å². The normalized spacial score (nSPS) is 10.7. The number of hydrogen-bond donors (Lipinski definition) is 1. The van der Waals surface area contributed by atoms with Gasteiger partial charge in [-0.3, -0.25) is 0 Å². The molecule has 1 rings (SSSR count). The lowest BCUT2D eigenvalue weighted by atomic mass is 10.2. The molecule has 0 amide bonds. The van der Waals surface area contributed by atoms with Gasteiger partial charge in [-0.2, -0.15) is 0 Å². The Hall–Kier alpha value is -0.570. The third kappa shape index (κ3) is 6.67. The Kier molecular flexibility index (Phi) is 8.06. The summed E-state index contributed by atoms with van der Waals surface area (Å²) in [7, 11) is 0. The van der Waals surface area contributed by atoms with Crippen LogP contribution in [0.3, 0.4) is 0 Å². The van der Waals surface area contributed by atoms with E-state index in [0.717, 1.165) is 30.3 Å². The van der Waals surface area contributed by atoms with Crippen molar-refractivity contribution in [1.29, 1.82) is 0 Å². The van der Waals surface area contributed by atoms with E-state index < -0.39 is 0 Å². The maximum atomic E-state index is 6.03. The number of hydrogen-bond acceptors (Lipinski definition) is 2. The molecule has 17 heavy (non-hydrogen) atoms. The molecule has 0 saturated heterocycles. The van der Waals surface area contributed by atoms with E-state index in [1.54, 1.807) is 0 Å². The summed E-state index contributed by atoms with van der Waals surface area (Å²) in [6.07, 6.45) is 3.82. The average Bonchev–Trinajstić information content (AvgIpc) is 2.35. The summed E-state index contributed by atoms with van der Waals surface area (Å²) in [6, 6.07) is 7.80. The molecule has 0 bridgehead atoms. The summed E-state index contributed by atoms with van der Waals surface area (Å²) in [4.78, 5) is 0. The van der Waals surface area contributed by atoms with Crippen molar-refractivity contribution < 1.29 is 4.74 Å².